The van der Waals surface area contributed by atoms with Gasteiger partial charge in [0, 0.05) is 13.4 Å². The van der Waals surface area contributed by atoms with Gasteiger partial charge in [0.25, 0.3) is 0 Å². The summed E-state index contributed by atoms with van der Waals surface area (Å²) < 4.78 is 0. The highest BCUT2D eigenvalue weighted by molar-refractivity contribution is 7.76. The Balaban J connectivity index is 2.42. The third-order valence-electron chi connectivity index (χ3n) is 2.80. The van der Waals surface area contributed by atoms with Gasteiger partial charge in [0.15, 0.2) is 0 Å². The summed E-state index contributed by atoms with van der Waals surface area (Å²) in [7, 11) is -0.675. The molecule has 0 fully saturated rings. The van der Waals surface area contributed by atoms with Crippen LogP contribution in [0.4, 0.5) is 0 Å². The molecule has 20 heavy (non-hydrogen) atoms. The molecule has 0 atom stereocenters. The second-order valence-electron chi connectivity index (χ2n) is 4.22. The van der Waals surface area contributed by atoms with E-state index < -0.39 is 7.92 Å². The summed E-state index contributed by atoms with van der Waals surface area (Å²) in [4.78, 5) is 0. The van der Waals surface area contributed by atoms with E-state index >= 15 is 0 Å². The first kappa shape index (κ1) is 14.3. The Morgan fingerprint density at radius 1 is 0.850 bits per heavy atom. The summed E-state index contributed by atoms with van der Waals surface area (Å²) in [6.07, 6.45) is 7.53. The minimum Gasteiger partial charge on any atom is -0.398 e. The van der Waals surface area contributed by atoms with Crippen LogP contribution in [-0.4, -0.2) is 0 Å². The molecule has 2 heteroatoms. The molecule has 0 unspecified atom stereocenters. The van der Waals surface area contributed by atoms with Gasteiger partial charge in [0.1, 0.15) is 0 Å². The largest absolute Gasteiger partial charge is 0.398 e. The first-order chi connectivity index (χ1) is 9.83. The number of benzene rings is 2. The quantitative estimate of drug-likeness (QED) is 0.656. The fourth-order valence-electron chi connectivity index (χ4n) is 1.91. The molecule has 0 aliphatic rings. The van der Waals surface area contributed by atoms with Crippen molar-refractivity contribution < 1.29 is 0 Å². The molecule has 0 bridgehead atoms. The fraction of sp³-hybridized carbons (Fsp3) is 0. The topological polar surface area (TPSA) is 26.0 Å². The molecule has 0 saturated heterocycles. The minimum atomic E-state index is -0.675. The molecular formula is C18H18NP. The van der Waals surface area contributed by atoms with Crippen LogP contribution in [0.5, 0.6) is 0 Å². The van der Waals surface area contributed by atoms with E-state index in [0.717, 1.165) is 5.44 Å². The zero-order valence-electron chi connectivity index (χ0n) is 11.3. The maximum atomic E-state index is 6.33. The lowest BCUT2D eigenvalue weighted by molar-refractivity contribution is 1.53. The van der Waals surface area contributed by atoms with Crippen LogP contribution in [0.15, 0.2) is 97.0 Å². The lowest BCUT2D eigenvalue weighted by atomic mass is 10.4. The molecule has 0 spiro atoms. The highest BCUT2D eigenvalue weighted by Crippen LogP contribution is 2.39. The molecule has 2 rings (SSSR count). The van der Waals surface area contributed by atoms with Gasteiger partial charge in [0.2, 0.25) is 0 Å². The predicted molar refractivity (Wildman–Crippen MR) is 90.7 cm³/mol. The lowest BCUT2D eigenvalue weighted by Gasteiger charge is -2.18. The van der Waals surface area contributed by atoms with Crippen LogP contribution >= 0.6 is 7.92 Å². The van der Waals surface area contributed by atoms with Crippen LogP contribution in [0, 0.1) is 0 Å². The average molecular weight is 279 g/mol. The van der Waals surface area contributed by atoms with Crippen LogP contribution in [0.25, 0.3) is 0 Å². The summed E-state index contributed by atoms with van der Waals surface area (Å²) in [6.45, 7) is 3.67. The van der Waals surface area contributed by atoms with Crippen molar-refractivity contribution in [1.82, 2.24) is 0 Å². The molecule has 0 aromatic heterocycles. The molecule has 100 valence electrons. The summed E-state index contributed by atoms with van der Waals surface area (Å²) in [6, 6.07) is 20.8. The van der Waals surface area contributed by atoms with Gasteiger partial charge >= 0.3 is 0 Å². The Morgan fingerprint density at radius 3 is 1.80 bits per heavy atom. The normalized spacial score (nSPS) is 11.9. The number of rotatable bonds is 5. The van der Waals surface area contributed by atoms with E-state index in [1.807, 2.05) is 30.4 Å². The van der Waals surface area contributed by atoms with Crippen molar-refractivity contribution in [3.63, 3.8) is 0 Å². The Hall–Kier alpha value is -2.11. The number of hydrogen-bond donors (Lipinski definition) is 1. The molecule has 0 aliphatic heterocycles. The second kappa shape index (κ2) is 7.47. The van der Waals surface area contributed by atoms with Gasteiger partial charge in [-0.15, -0.1) is 0 Å². The second-order valence-corrected chi connectivity index (χ2v) is 6.44. The summed E-state index contributed by atoms with van der Waals surface area (Å²) >= 11 is 0. The Labute approximate surface area is 121 Å². The summed E-state index contributed by atoms with van der Waals surface area (Å²) in [5.41, 5.74) is 7.21. The van der Waals surface area contributed by atoms with Crippen LogP contribution in [0.1, 0.15) is 0 Å². The predicted octanol–water partition coefficient (Wildman–Crippen LogP) is 3.66. The van der Waals surface area contributed by atoms with Gasteiger partial charge in [0.05, 0.1) is 0 Å². The molecule has 2 aromatic rings. The van der Waals surface area contributed by atoms with Crippen molar-refractivity contribution >= 4 is 18.5 Å². The molecule has 0 saturated carbocycles. The standard InChI is InChI=1S/C18H18NP/c1-2-3-6-15-18(19)20(16-11-7-4-8-12-16)17-13-9-5-10-14-17/h2-15H,1,19H2/b6-3-,18-15+. The Kier molecular flexibility index (Phi) is 5.34. The van der Waals surface area contributed by atoms with Crippen LogP contribution < -0.4 is 16.3 Å². The van der Waals surface area contributed by atoms with Gasteiger partial charge in [-0.2, -0.15) is 0 Å². The molecule has 0 heterocycles. The van der Waals surface area contributed by atoms with E-state index in [-0.39, 0.29) is 0 Å². The van der Waals surface area contributed by atoms with Crippen molar-refractivity contribution in [2.75, 3.05) is 0 Å². The molecule has 0 aliphatic carbocycles. The summed E-state index contributed by atoms with van der Waals surface area (Å²) in [5.74, 6) is 0. The van der Waals surface area contributed by atoms with E-state index in [0.29, 0.717) is 0 Å². The number of allylic oxidation sites excluding steroid dienone is 4. The molecule has 0 amide bonds. The summed E-state index contributed by atoms with van der Waals surface area (Å²) in [5, 5.41) is 2.52. The molecule has 0 radical (unpaired) electrons. The first-order valence-corrected chi connectivity index (χ1v) is 7.82. The molecule has 1 nitrogen and oxygen atoms in total. The van der Waals surface area contributed by atoms with E-state index in [1.165, 1.54) is 10.6 Å². The zero-order valence-corrected chi connectivity index (χ0v) is 12.2. The maximum absolute atomic E-state index is 6.33. The van der Waals surface area contributed by atoms with E-state index in [9.17, 15) is 0 Å². The van der Waals surface area contributed by atoms with Gasteiger partial charge < -0.3 is 5.73 Å². The third-order valence-corrected chi connectivity index (χ3v) is 5.10. The van der Waals surface area contributed by atoms with Crippen molar-refractivity contribution in [3.05, 3.63) is 97.0 Å². The average Bonchev–Trinajstić information content (AvgIpc) is 2.50. The minimum absolute atomic E-state index is 0.675. The van der Waals surface area contributed by atoms with E-state index in [1.54, 1.807) is 6.08 Å². The Bertz CT molecular complexity index is 560. The molecule has 2 N–H and O–H groups in total. The van der Waals surface area contributed by atoms with E-state index in [2.05, 4.69) is 55.1 Å². The molecule has 2 aromatic carbocycles. The third kappa shape index (κ3) is 3.69. The van der Waals surface area contributed by atoms with Crippen molar-refractivity contribution in [2.45, 2.75) is 0 Å². The smallest absolute Gasteiger partial charge is 0.0409 e. The monoisotopic (exact) mass is 279 g/mol. The first-order valence-electron chi connectivity index (χ1n) is 6.48. The molecular weight excluding hydrogens is 261 g/mol. The maximum Gasteiger partial charge on any atom is 0.0409 e. The SMILES string of the molecule is C=C/C=C\C=C(/N)P(c1ccccc1)c1ccccc1. The highest BCUT2D eigenvalue weighted by atomic mass is 31.1. The number of nitrogens with two attached hydrogens (primary N) is 1. The van der Waals surface area contributed by atoms with Crippen molar-refractivity contribution in [1.29, 1.82) is 0 Å². The van der Waals surface area contributed by atoms with Gasteiger partial charge in [-0.3, -0.25) is 0 Å². The van der Waals surface area contributed by atoms with Crippen LogP contribution in [0.3, 0.4) is 0 Å². The van der Waals surface area contributed by atoms with Crippen molar-refractivity contribution in [3.8, 4) is 0 Å². The lowest BCUT2D eigenvalue weighted by Crippen LogP contribution is -2.16. The van der Waals surface area contributed by atoms with Gasteiger partial charge in [-0.05, 0) is 16.7 Å². The Morgan fingerprint density at radius 2 is 1.35 bits per heavy atom. The number of hydrogen-bond acceptors (Lipinski definition) is 1. The highest BCUT2D eigenvalue weighted by Gasteiger charge is 2.15. The van der Waals surface area contributed by atoms with E-state index in [4.69, 9.17) is 5.73 Å². The van der Waals surface area contributed by atoms with Crippen LogP contribution in [-0.2, 0) is 0 Å². The van der Waals surface area contributed by atoms with Gasteiger partial charge in [-0.1, -0.05) is 85.5 Å². The fourth-order valence-corrected chi connectivity index (χ4v) is 3.98. The zero-order chi connectivity index (χ0) is 14.2. The van der Waals surface area contributed by atoms with Gasteiger partial charge in [-0.25, -0.2) is 0 Å². The van der Waals surface area contributed by atoms with Crippen LogP contribution in [0.2, 0.25) is 0 Å². The van der Waals surface area contributed by atoms with Crippen molar-refractivity contribution in [2.24, 2.45) is 5.73 Å².